The summed E-state index contributed by atoms with van der Waals surface area (Å²) in [7, 11) is -2.16. The van der Waals surface area contributed by atoms with E-state index in [4.69, 9.17) is 27.9 Å². The Labute approximate surface area is 229 Å². The molecule has 0 saturated carbocycles. The average molecular weight is 573 g/mol. The van der Waals surface area contributed by atoms with Crippen molar-refractivity contribution in [3.05, 3.63) is 58.1 Å². The van der Waals surface area contributed by atoms with Gasteiger partial charge in [0.15, 0.2) is 0 Å². The molecule has 0 unspecified atom stereocenters. The van der Waals surface area contributed by atoms with Crippen molar-refractivity contribution < 1.29 is 22.7 Å². The third-order valence-electron chi connectivity index (χ3n) is 5.84. The predicted molar refractivity (Wildman–Crippen MR) is 149 cm³/mol. The minimum Gasteiger partial charge on any atom is -0.495 e. The average Bonchev–Trinajstić information content (AvgIpc) is 2.86. The van der Waals surface area contributed by atoms with Gasteiger partial charge in [-0.1, -0.05) is 54.7 Å². The van der Waals surface area contributed by atoms with E-state index >= 15 is 0 Å². The Bertz CT molecular complexity index is 1180. The first-order valence-corrected chi connectivity index (χ1v) is 14.7. The highest BCUT2D eigenvalue weighted by Crippen LogP contribution is 2.30. The monoisotopic (exact) mass is 571 g/mol. The highest BCUT2D eigenvalue weighted by molar-refractivity contribution is 7.92. The van der Waals surface area contributed by atoms with E-state index < -0.39 is 16.1 Å². The van der Waals surface area contributed by atoms with E-state index in [0.29, 0.717) is 28.0 Å². The van der Waals surface area contributed by atoms with Gasteiger partial charge in [-0.2, -0.15) is 0 Å². The maximum Gasteiger partial charge on any atom is 0.242 e. The van der Waals surface area contributed by atoms with E-state index in [2.05, 4.69) is 5.32 Å². The van der Waals surface area contributed by atoms with Gasteiger partial charge in [-0.15, -0.1) is 0 Å². The Morgan fingerprint density at radius 2 is 1.78 bits per heavy atom. The van der Waals surface area contributed by atoms with Crippen LogP contribution in [0.4, 0.5) is 5.69 Å². The lowest BCUT2D eigenvalue weighted by atomic mass is 10.1. The summed E-state index contributed by atoms with van der Waals surface area (Å²) >= 11 is 12.2. The zero-order valence-electron chi connectivity index (χ0n) is 21.7. The number of hydrogen-bond donors (Lipinski definition) is 1. The number of nitrogens with one attached hydrogen (secondary N) is 1. The Morgan fingerprint density at radius 3 is 2.41 bits per heavy atom. The van der Waals surface area contributed by atoms with Crippen molar-refractivity contribution in [1.82, 2.24) is 10.2 Å². The zero-order chi connectivity index (χ0) is 27.6. The van der Waals surface area contributed by atoms with Gasteiger partial charge in [-0.05, 0) is 49.6 Å². The van der Waals surface area contributed by atoms with E-state index in [1.807, 2.05) is 6.92 Å². The molecule has 2 aromatic carbocycles. The zero-order valence-corrected chi connectivity index (χ0v) is 24.0. The van der Waals surface area contributed by atoms with Gasteiger partial charge >= 0.3 is 0 Å². The van der Waals surface area contributed by atoms with E-state index in [1.165, 1.54) is 16.3 Å². The first-order chi connectivity index (χ1) is 17.5. The summed E-state index contributed by atoms with van der Waals surface area (Å²) in [6, 6.07) is 11.1. The number of rotatable bonds is 14. The standard InChI is InChI=1S/C26H35Cl2N3O5S/c1-5-6-15-29-26(33)19(2)30(18-20-13-14-21(27)22(28)17-20)25(32)12-9-16-31(37(4,34)35)23-10-7-8-11-24(23)36-3/h7-8,10-11,13-14,17,19H,5-6,9,12,15-16,18H2,1-4H3,(H,29,33)/t19-/m1/s1. The lowest BCUT2D eigenvalue weighted by Gasteiger charge is -2.29. The SMILES string of the molecule is CCCCNC(=O)[C@@H](C)N(Cc1ccc(Cl)c(Cl)c1)C(=O)CCCN(c1ccccc1OC)S(C)(=O)=O. The number of halogens is 2. The molecule has 0 aliphatic heterocycles. The van der Waals surface area contributed by atoms with Gasteiger partial charge in [0.1, 0.15) is 11.8 Å². The predicted octanol–water partition coefficient (Wildman–Crippen LogP) is 4.88. The molecule has 2 rings (SSSR count). The van der Waals surface area contributed by atoms with Crippen LogP contribution in [-0.4, -0.2) is 57.6 Å². The summed E-state index contributed by atoms with van der Waals surface area (Å²) in [5, 5.41) is 3.62. The van der Waals surface area contributed by atoms with E-state index in [-0.39, 0.29) is 37.7 Å². The van der Waals surface area contributed by atoms with Crippen molar-refractivity contribution in [1.29, 1.82) is 0 Å². The summed E-state index contributed by atoms with van der Waals surface area (Å²) in [6.45, 7) is 4.45. The van der Waals surface area contributed by atoms with Crippen LogP contribution in [0.3, 0.4) is 0 Å². The van der Waals surface area contributed by atoms with Crippen molar-refractivity contribution in [3.8, 4) is 5.75 Å². The number of hydrogen-bond acceptors (Lipinski definition) is 5. The van der Waals surface area contributed by atoms with Crippen LogP contribution >= 0.6 is 23.2 Å². The number of nitrogens with zero attached hydrogens (tertiary/aromatic N) is 2. The molecule has 8 nitrogen and oxygen atoms in total. The minimum absolute atomic E-state index is 0.0368. The molecule has 0 aliphatic rings. The molecule has 0 saturated heterocycles. The molecule has 0 aromatic heterocycles. The number of benzene rings is 2. The number of para-hydroxylation sites is 2. The van der Waals surface area contributed by atoms with Crippen LogP contribution in [0.5, 0.6) is 5.75 Å². The molecule has 0 heterocycles. The van der Waals surface area contributed by atoms with Crippen molar-refractivity contribution in [2.75, 3.05) is 30.8 Å². The van der Waals surface area contributed by atoms with Crippen molar-refractivity contribution in [2.24, 2.45) is 0 Å². The number of unbranched alkanes of at least 4 members (excludes halogenated alkanes) is 1. The van der Waals surface area contributed by atoms with E-state index in [1.54, 1.807) is 49.4 Å². The van der Waals surface area contributed by atoms with Gasteiger partial charge in [-0.3, -0.25) is 13.9 Å². The fraction of sp³-hybridized carbons (Fsp3) is 0.462. The van der Waals surface area contributed by atoms with Crippen LogP contribution in [0.25, 0.3) is 0 Å². The smallest absolute Gasteiger partial charge is 0.242 e. The molecule has 2 amide bonds. The molecule has 0 radical (unpaired) electrons. The fourth-order valence-corrected chi connectivity index (χ4v) is 5.06. The number of amides is 2. The molecule has 0 aliphatic carbocycles. The maximum absolute atomic E-state index is 13.4. The maximum atomic E-state index is 13.4. The van der Waals surface area contributed by atoms with Crippen LogP contribution in [0, 0.1) is 0 Å². The Morgan fingerprint density at radius 1 is 1.08 bits per heavy atom. The second kappa shape index (κ2) is 14.4. The minimum atomic E-state index is -3.63. The quantitative estimate of drug-likeness (QED) is 0.326. The summed E-state index contributed by atoms with van der Waals surface area (Å²) in [5.41, 5.74) is 1.12. The molecule has 1 N–H and O–H groups in total. The van der Waals surface area contributed by atoms with Crippen LogP contribution in [0.15, 0.2) is 42.5 Å². The summed E-state index contributed by atoms with van der Waals surface area (Å²) < 4.78 is 31.6. The highest BCUT2D eigenvalue weighted by atomic mass is 35.5. The first-order valence-electron chi connectivity index (χ1n) is 12.1. The van der Waals surface area contributed by atoms with Gasteiger partial charge in [0.05, 0.1) is 29.1 Å². The molecule has 37 heavy (non-hydrogen) atoms. The van der Waals surface area contributed by atoms with Crippen LogP contribution in [-0.2, 0) is 26.2 Å². The second-order valence-electron chi connectivity index (χ2n) is 8.70. The molecule has 1 atom stereocenters. The van der Waals surface area contributed by atoms with Gasteiger partial charge in [-0.25, -0.2) is 8.42 Å². The van der Waals surface area contributed by atoms with Crippen molar-refractivity contribution in [2.45, 2.75) is 52.1 Å². The summed E-state index contributed by atoms with van der Waals surface area (Å²) in [6.07, 6.45) is 3.16. The second-order valence-corrected chi connectivity index (χ2v) is 11.4. The van der Waals surface area contributed by atoms with Crippen LogP contribution in [0.2, 0.25) is 10.0 Å². The third-order valence-corrected chi connectivity index (χ3v) is 7.76. The number of anilines is 1. The molecule has 0 spiro atoms. The van der Waals surface area contributed by atoms with Crippen molar-refractivity contribution in [3.63, 3.8) is 0 Å². The van der Waals surface area contributed by atoms with E-state index in [9.17, 15) is 18.0 Å². The normalized spacial score (nSPS) is 12.1. The molecular formula is C26H35Cl2N3O5S. The number of methoxy groups -OCH3 is 1. The van der Waals surface area contributed by atoms with Crippen LogP contribution in [0.1, 0.15) is 45.1 Å². The van der Waals surface area contributed by atoms with Gasteiger partial charge in [0, 0.05) is 26.1 Å². The van der Waals surface area contributed by atoms with Crippen LogP contribution < -0.4 is 14.4 Å². The Balaban J connectivity index is 2.20. The van der Waals surface area contributed by atoms with Gasteiger partial charge < -0.3 is 15.0 Å². The lowest BCUT2D eigenvalue weighted by molar-refractivity contribution is -0.140. The molecule has 204 valence electrons. The Hall–Kier alpha value is -2.49. The van der Waals surface area contributed by atoms with Crippen molar-refractivity contribution >= 4 is 50.7 Å². The molecule has 0 fully saturated rings. The summed E-state index contributed by atoms with van der Waals surface area (Å²) in [5.74, 6) is -0.121. The van der Waals surface area contributed by atoms with Gasteiger partial charge in [0.25, 0.3) is 0 Å². The molecule has 0 bridgehead atoms. The highest BCUT2D eigenvalue weighted by Gasteiger charge is 2.27. The number of carbonyl (C=O) groups is 2. The number of sulfonamides is 1. The number of ether oxygens (including phenoxy) is 1. The third kappa shape index (κ3) is 9.09. The topological polar surface area (TPSA) is 96.0 Å². The number of carbonyl (C=O) groups excluding carboxylic acids is 2. The molecule has 11 heteroatoms. The van der Waals surface area contributed by atoms with E-state index in [0.717, 1.165) is 24.7 Å². The first kappa shape index (κ1) is 30.7. The molecule has 2 aromatic rings. The van der Waals surface area contributed by atoms with Gasteiger partial charge in [0.2, 0.25) is 21.8 Å². The Kier molecular flexibility index (Phi) is 12.0. The molecular weight excluding hydrogens is 537 g/mol. The summed E-state index contributed by atoms with van der Waals surface area (Å²) in [4.78, 5) is 27.6. The largest absolute Gasteiger partial charge is 0.495 e. The lowest BCUT2D eigenvalue weighted by Crippen LogP contribution is -2.48. The fourth-order valence-electron chi connectivity index (χ4n) is 3.77.